The Labute approximate surface area is 162 Å². The molecule has 0 aromatic heterocycles. The smallest absolute Gasteiger partial charge is 0.130 e. The van der Waals surface area contributed by atoms with E-state index in [2.05, 4.69) is 0 Å². The number of hydrogen-bond acceptors (Lipinski definition) is 3. The van der Waals surface area contributed by atoms with E-state index < -0.39 is 0 Å². The topological polar surface area (TPSA) is 40.5 Å². The van der Waals surface area contributed by atoms with Crippen molar-refractivity contribution >= 4 is 11.8 Å². The van der Waals surface area contributed by atoms with Gasteiger partial charge in [0.05, 0.1) is 9.79 Å². The van der Waals surface area contributed by atoms with Crippen molar-refractivity contribution in [3.05, 3.63) is 97.1 Å². The van der Waals surface area contributed by atoms with Gasteiger partial charge in [-0.05, 0) is 34.4 Å². The van der Waals surface area contributed by atoms with Gasteiger partial charge < -0.3 is 10.2 Å². The lowest BCUT2D eigenvalue weighted by atomic mass is 10.1. The third kappa shape index (κ3) is 3.55. The molecule has 0 aliphatic heterocycles. The van der Waals surface area contributed by atoms with Gasteiger partial charge in [-0.15, -0.1) is 0 Å². The van der Waals surface area contributed by atoms with Crippen LogP contribution < -0.4 is 0 Å². The summed E-state index contributed by atoms with van der Waals surface area (Å²) in [5.74, 6) is 0.396. The Morgan fingerprint density at radius 3 is 1.26 bits per heavy atom. The molecule has 0 unspecified atom stereocenters. The number of benzene rings is 4. The molecule has 0 saturated heterocycles. The fourth-order valence-electron chi connectivity index (χ4n) is 3.06. The molecule has 0 fully saturated rings. The zero-order valence-corrected chi connectivity index (χ0v) is 15.4. The van der Waals surface area contributed by atoms with Gasteiger partial charge in [0.15, 0.2) is 0 Å². The molecular weight excluding hydrogens is 352 g/mol. The fourth-order valence-corrected chi connectivity index (χ4v) is 4.20. The van der Waals surface area contributed by atoms with Crippen molar-refractivity contribution in [3.63, 3.8) is 0 Å². The molecule has 0 aliphatic rings. The van der Waals surface area contributed by atoms with Crippen molar-refractivity contribution in [2.75, 3.05) is 0 Å². The number of aromatic hydroxyl groups is 2. The standard InChI is InChI=1S/C24H18O2S/c25-21-15-7-13-19(17-9-3-1-4-10-17)23(21)27-24-20(14-8-16-22(24)26)18-11-5-2-6-12-18/h1-16,25-26H. The summed E-state index contributed by atoms with van der Waals surface area (Å²) < 4.78 is 0. The van der Waals surface area contributed by atoms with Crippen LogP contribution in [-0.4, -0.2) is 10.2 Å². The van der Waals surface area contributed by atoms with Crippen molar-refractivity contribution in [1.29, 1.82) is 0 Å². The van der Waals surface area contributed by atoms with Crippen LogP contribution in [-0.2, 0) is 0 Å². The highest BCUT2D eigenvalue weighted by Gasteiger charge is 2.17. The molecule has 27 heavy (non-hydrogen) atoms. The predicted octanol–water partition coefficient (Wildman–Crippen LogP) is 6.58. The van der Waals surface area contributed by atoms with Crippen LogP contribution in [0, 0.1) is 0 Å². The zero-order valence-electron chi connectivity index (χ0n) is 14.5. The average molecular weight is 370 g/mol. The first kappa shape index (κ1) is 17.3. The van der Waals surface area contributed by atoms with Gasteiger partial charge in [-0.3, -0.25) is 0 Å². The maximum Gasteiger partial charge on any atom is 0.130 e. The Hall–Kier alpha value is -3.17. The lowest BCUT2D eigenvalue weighted by Gasteiger charge is -2.15. The Morgan fingerprint density at radius 2 is 0.852 bits per heavy atom. The largest absolute Gasteiger partial charge is 0.507 e. The number of rotatable bonds is 4. The summed E-state index contributed by atoms with van der Waals surface area (Å²) in [4.78, 5) is 1.45. The van der Waals surface area contributed by atoms with Gasteiger partial charge >= 0.3 is 0 Å². The molecule has 2 nitrogen and oxygen atoms in total. The van der Waals surface area contributed by atoms with Gasteiger partial charge in [-0.25, -0.2) is 0 Å². The summed E-state index contributed by atoms with van der Waals surface area (Å²) in [5.41, 5.74) is 3.91. The Morgan fingerprint density at radius 1 is 0.444 bits per heavy atom. The van der Waals surface area contributed by atoms with Crippen molar-refractivity contribution in [3.8, 4) is 33.8 Å². The quantitative estimate of drug-likeness (QED) is 0.426. The second kappa shape index (κ2) is 7.60. The summed E-state index contributed by atoms with van der Waals surface area (Å²) in [5, 5.41) is 21.1. The minimum Gasteiger partial charge on any atom is -0.507 e. The van der Waals surface area contributed by atoms with Crippen molar-refractivity contribution in [1.82, 2.24) is 0 Å². The minimum atomic E-state index is 0.198. The maximum atomic E-state index is 10.6. The van der Waals surface area contributed by atoms with E-state index in [1.54, 1.807) is 12.1 Å². The van der Waals surface area contributed by atoms with Crippen LogP contribution in [0.5, 0.6) is 11.5 Å². The first-order valence-electron chi connectivity index (χ1n) is 8.66. The number of phenolic OH excluding ortho intramolecular Hbond substituents is 2. The first-order valence-corrected chi connectivity index (χ1v) is 9.48. The maximum absolute atomic E-state index is 10.6. The number of hydrogen-bond donors (Lipinski definition) is 2. The zero-order chi connectivity index (χ0) is 18.6. The van der Waals surface area contributed by atoms with E-state index in [1.807, 2.05) is 84.9 Å². The summed E-state index contributed by atoms with van der Waals surface area (Å²) in [6.07, 6.45) is 0. The van der Waals surface area contributed by atoms with Gasteiger partial charge in [0, 0.05) is 0 Å². The molecule has 0 atom stereocenters. The molecule has 0 spiro atoms. The van der Waals surface area contributed by atoms with Gasteiger partial charge in [0.2, 0.25) is 0 Å². The van der Waals surface area contributed by atoms with Crippen LogP contribution in [0.25, 0.3) is 22.3 Å². The lowest BCUT2D eigenvalue weighted by Crippen LogP contribution is -1.87. The van der Waals surface area contributed by atoms with E-state index in [1.165, 1.54) is 11.8 Å². The second-order valence-corrected chi connectivity index (χ2v) is 7.16. The van der Waals surface area contributed by atoms with Gasteiger partial charge in [0.25, 0.3) is 0 Å². The molecule has 4 rings (SSSR count). The molecule has 4 aromatic rings. The van der Waals surface area contributed by atoms with Crippen LogP contribution in [0.2, 0.25) is 0 Å². The molecule has 0 saturated carbocycles. The van der Waals surface area contributed by atoms with Crippen LogP contribution in [0.1, 0.15) is 0 Å². The second-order valence-electron chi connectivity index (χ2n) is 6.14. The first-order chi connectivity index (χ1) is 13.2. The average Bonchev–Trinajstić information content (AvgIpc) is 2.72. The highest BCUT2D eigenvalue weighted by atomic mass is 32.2. The summed E-state index contributed by atoms with van der Waals surface area (Å²) in [6, 6.07) is 30.9. The highest BCUT2D eigenvalue weighted by molar-refractivity contribution is 7.99. The van der Waals surface area contributed by atoms with Gasteiger partial charge in [-0.1, -0.05) is 96.7 Å². The van der Waals surface area contributed by atoms with Crippen molar-refractivity contribution < 1.29 is 10.2 Å². The van der Waals surface area contributed by atoms with E-state index in [0.717, 1.165) is 32.0 Å². The van der Waals surface area contributed by atoms with Gasteiger partial charge in [-0.2, -0.15) is 0 Å². The van der Waals surface area contributed by atoms with E-state index in [9.17, 15) is 10.2 Å². The Balaban J connectivity index is 1.85. The molecular formula is C24H18O2S. The van der Waals surface area contributed by atoms with E-state index in [4.69, 9.17) is 0 Å². The molecule has 2 N–H and O–H groups in total. The molecule has 132 valence electrons. The SMILES string of the molecule is Oc1cccc(-c2ccccc2)c1Sc1c(O)cccc1-c1ccccc1. The van der Waals surface area contributed by atoms with Crippen LogP contribution >= 0.6 is 11.8 Å². The van der Waals surface area contributed by atoms with E-state index in [-0.39, 0.29) is 11.5 Å². The minimum absolute atomic E-state index is 0.198. The Bertz CT molecular complexity index is 973. The van der Waals surface area contributed by atoms with E-state index >= 15 is 0 Å². The normalized spacial score (nSPS) is 10.7. The molecule has 3 heteroatoms. The highest BCUT2D eigenvalue weighted by Crippen LogP contribution is 2.47. The number of phenols is 2. The molecule has 0 bridgehead atoms. The van der Waals surface area contributed by atoms with Crippen molar-refractivity contribution in [2.45, 2.75) is 9.79 Å². The van der Waals surface area contributed by atoms with Crippen LogP contribution in [0.3, 0.4) is 0 Å². The molecule has 0 aliphatic carbocycles. The van der Waals surface area contributed by atoms with Gasteiger partial charge in [0.1, 0.15) is 11.5 Å². The van der Waals surface area contributed by atoms with Crippen LogP contribution in [0.15, 0.2) is 107 Å². The van der Waals surface area contributed by atoms with E-state index in [0.29, 0.717) is 0 Å². The predicted molar refractivity (Wildman–Crippen MR) is 111 cm³/mol. The van der Waals surface area contributed by atoms with Crippen LogP contribution in [0.4, 0.5) is 0 Å². The monoisotopic (exact) mass is 370 g/mol. The summed E-state index contributed by atoms with van der Waals surface area (Å²) in [7, 11) is 0. The lowest BCUT2D eigenvalue weighted by molar-refractivity contribution is 0.460. The fraction of sp³-hybridized carbons (Fsp3) is 0. The summed E-state index contributed by atoms with van der Waals surface area (Å²) in [6.45, 7) is 0. The summed E-state index contributed by atoms with van der Waals surface area (Å²) >= 11 is 1.38. The van der Waals surface area contributed by atoms with Crippen molar-refractivity contribution in [2.24, 2.45) is 0 Å². The molecule has 0 radical (unpaired) electrons. The molecule has 0 amide bonds. The third-order valence-corrected chi connectivity index (χ3v) is 5.63. The Kier molecular flexibility index (Phi) is 4.86. The molecule has 4 aromatic carbocycles. The molecule has 0 heterocycles. The third-order valence-electron chi connectivity index (χ3n) is 4.36.